The molecular formula is C14H21BrO4. The number of rotatable bonds is 9. The molecule has 1 aromatic carbocycles. The van der Waals surface area contributed by atoms with E-state index in [1.807, 2.05) is 26.0 Å². The van der Waals surface area contributed by atoms with Crippen LogP contribution in [0.4, 0.5) is 0 Å². The van der Waals surface area contributed by atoms with Gasteiger partial charge in [0, 0.05) is 30.7 Å². The van der Waals surface area contributed by atoms with Crippen LogP contribution in [0.15, 0.2) is 12.1 Å². The van der Waals surface area contributed by atoms with Crippen molar-refractivity contribution >= 4 is 15.9 Å². The van der Waals surface area contributed by atoms with E-state index in [0.717, 1.165) is 22.6 Å². The number of halogens is 1. The quantitative estimate of drug-likeness (QED) is 0.394. The summed E-state index contributed by atoms with van der Waals surface area (Å²) < 4.78 is 21.7. The summed E-state index contributed by atoms with van der Waals surface area (Å²) in [7, 11) is 1.67. The number of ether oxygens (including phenoxy) is 4. The minimum absolute atomic E-state index is 0.235. The third-order valence-electron chi connectivity index (χ3n) is 2.52. The Morgan fingerprint density at radius 3 is 2.47 bits per heavy atom. The number of methoxy groups -OCH3 is 1. The lowest BCUT2D eigenvalue weighted by Gasteiger charge is -2.16. The smallest absolute Gasteiger partial charge is 0.189 e. The molecule has 0 aliphatic heterocycles. The summed E-state index contributed by atoms with van der Waals surface area (Å²) in [4.78, 5) is 0. The van der Waals surface area contributed by atoms with E-state index in [1.54, 1.807) is 7.11 Å². The first-order valence-corrected chi connectivity index (χ1v) is 7.42. The molecule has 0 aliphatic carbocycles. The van der Waals surface area contributed by atoms with E-state index in [2.05, 4.69) is 15.9 Å². The van der Waals surface area contributed by atoms with E-state index in [9.17, 15) is 0 Å². The Balaban J connectivity index is 3.00. The normalized spacial score (nSPS) is 10.5. The highest BCUT2D eigenvalue weighted by atomic mass is 79.9. The predicted octanol–water partition coefficient (Wildman–Crippen LogP) is 3.50. The van der Waals surface area contributed by atoms with Gasteiger partial charge in [0.2, 0.25) is 0 Å². The van der Waals surface area contributed by atoms with E-state index >= 15 is 0 Å². The van der Waals surface area contributed by atoms with E-state index in [0.29, 0.717) is 25.2 Å². The van der Waals surface area contributed by atoms with Gasteiger partial charge in [-0.2, -0.15) is 0 Å². The molecule has 0 saturated heterocycles. The molecule has 0 fully saturated rings. The minimum Gasteiger partial charge on any atom is -0.494 e. The van der Waals surface area contributed by atoms with Crippen LogP contribution in [-0.2, 0) is 21.4 Å². The molecule has 4 nitrogen and oxygen atoms in total. The van der Waals surface area contributed by atoms with Gasteiger partial charge < -0.3 is 18.9 Å². The molecule has 0 atom stereocenters. The van der Waals surface area contributed by atoms with Crippen LogP contribution in [0.3, 0.4) is 0 Å². The molecular weight excluding hydrogens is 312 g/mol. The van der Waals surface area contributed by atoms with Crippen molar-refractivity contribution in [2.75, 3.05) is 27.1 Å². The lowest BCUT2D eigenvalue weighted by Crippen LogP contribution is -2.06. The Labute approximate surface area is 123 Å². The first-order valence-electron chi connectivity index (χ1n) is 6.30. The fourth-order valence-corrected chi connectivity index (χ4v) is 2.31. The van der Waals surface area contributed by atoms with Crippen molar-refractivity contribution in [3.05, 3.63) is 23.3 Å². The van der Waals surface area contributed by atoms with Gasteiger partial charge in [0.15, 0.2) is 6.79 Å². The third-order valence-corrected chi connectivity index (χ3v) is 3.08. The first kappa shape index (κ1) is 16.3. The van der Waals surface area contributed by atoms with Gasteiger partial charge in [-0.1, -0.05) is 15.9 Å². The maximum Gasteiger partial charge on any atom is 0.189 e. The van der Waals surface area contributed by atoms with Gasteiger partial charge in [-0.3, -0.25) is 0 Å². The summed E-state index contributed by atoms with van der Waals surface area (Å²) in [6.45, 7) is 5.88. The van der Waals surface area contributed by atoms with Gasteiger partial charge in [0.05, 0.1) is 13.2 Å². The maximum atomic E-state index is 5.65. The molecule has 1 aromatic rings. The molecule has 0 N–H and O–H groups in total. The molecule has 19 heavy (non-hydrogen) atoms. The van der Waals surface area contributed by atoms with Gasteiger partial charge in [0.1, 0.15) is 11.5 Å². The highest BCUT2D eigenvalue weighted by Crippen LogP contribution is 2.31. The third kappa shape index (κ3) is 5.01. The van der Waals surface area contributed by atoms with Crippen LogP contribution < -0.4 is 9.47 Å². The summed E-state index contributed by atoms with van der Waals surface area (Å²) in [6.07, 6.45) is 0. The molecule has 0 unspecified atom stereocenters. The molecule has 0 spiro atoms. The Morgan fingerprint density at radius 1 is 1.11 bits per heavy atom. The largest absolute Gasteiger partial charge is 0.494 e. The number of benzene rings is 1. The molecule has 0 heterocycles. The van der Waals surface area contributed by atoms with Crippen LogP contribution in [0.1, 0.15) is 25.0 Å². The fourth-order valence-electron chi connectivity index (χ4n) is 1.68. The molecule has 0 amide bonds. The number of alkyl halides is 1. The van der Waals surface area contributed by atoms with Gasteiger partial charge in [-0.25, -0.2) is 0 Å². The molecule has 108 valence electrons. The first-order chi connectivity index (χ1) is 9.26. The average Bonchev–Trinajstić information content (AvgIpc) is 2.40. The van der Waals surface area contributed by atoms with Crippen molar-refractivity contribution in [3.8, 4) is 11.5 Å². The van der Waals surface area contributed by atoms with E-state index in [-0.39, 0.29) is 6.79 Å². The zero-order chi connectivity index (χ0) is 14.1. The Kier molecular flexibility index (Phi) is 7.86. The second kappa shape index (κ2) is 9.18. The van der Waals surface area contributed by atoms with Crippen molar-refractivity contribution in [1.82, 2.24) is 0 Å². The Hall–Kier alpha value is -0.780. The summed E-state index contributed by atoms with van der Waals surface area (Å²) in [5.41, 5.74) is 2.11. The molecule has 0 radical (unpaired) electrons. The van der Waals surface area contributed by atoms with Crippen LogP contribution in [0.2, 0.25) is 0 Å². The number of hydrogen-bond donors (Lipinski definition) is 0. The second-order valence-corrected chi connectivity index (χ2v) is 4.37. The SMILES string of the molecule is CCOCOc1cc(OCC)cc(COC)c1CBr. The molecule has 5 heteroatoms. The van der Waals surface area contributed by atoms with Crippen LogP contribution in [-0.4, -0.2) is 27.1 Å². The lowest BCUT2D eigenvalue weighted by molar-refractivity contribution is 0.0217. The number of hydrogen-bond acceptors (Lipinski definition) is 4. The zero-order valence-electron chi connectivity index (χ0n) is 11.7. The van der Waals surface area contributed by atoms with Crippen LogP contribution in [0.25, 0.3) is 0 Å². The maximum absolute atomic E-state index is 5.65. The minimum atomic E-state index is 0.235. The van der Waals surface area contributed by atoms with Crippen molar-refractivity contribution in [2.45, 2.75) is 25.8 Å². The Bertz CT molecular complexity index is 382. The van der Waals surface area contributed by atoms with E-state index < -0.39 is 0 Å². The molecule has 0 saturated carbocycles. The summed E-state index contributed by atoms with van der Waals surface area (Å²) in [5.74, 6) is 1.55. The van der Waals surface area contributed by atoms with Crippen molar-refractivity contribution in [2.24, 2.45) is 0 Å². The Morgan fingerprint density at radius 2 is 1.89 bits per heavy atom. The van der Waals surface area contributed by atoms with Crippen molar-refractivity contribution in [3.63, 3.8) is 0 Å². The highest BCUT2D eigenvalue weighted by Gasteiger charge is 2.12. The van der Waals surface area contributed by atoms with E-state index in [1.165, 1.54) is 0 Å². The van der Waals surface area contributed by atoms with Crippen molar-refractivity contribution < 1.29 is 18.9 Å². The van der Waals surface area contributed by atoms with Crippen LogP contribution in [0, 0.1) is 0 Å². The highest BCUT2D eigenvalue weighted by molar-refractivity contribution is 9.08. The summed E-state index contributed by atoms with van der Waals surface area (Å²) in [5, 5.41) is 0.694. The molecule has 0 bridgehead atoms. The van der Waals surface area contributed by atoms with Crippen molar-refractivity contribution in [1.29, 1.82) is 0 Å². The average molecular weight is 333 g/mol. The monoisotopic (exact) mass is 332 g/mol. The van der Waals surface area contributed by atoms with Crippen LogP contribution >= 0.6 is 15.9 Å². The lowest BCUT2D eigenvalue weighted by atomic mass is 10.1. The van der Waals surface area contributed by atoms with Gasteiger partial charge in [-0.15, -0.1) is 0 Å². The van der Waals surface area contributed by atoms with E-state index in [4.69, 9.17) is 18.9 Å². The topological polar surface area (TPSA) is 36.9 Å². The summed E-state index contributed by atoms with van der Waals surface area (Å²) in [6, 6.07) is 3.87. The van der Waals surface area contributed by atoms with Gasteiger partial charge in [0.25, 0.3) is 0 Å². The fraction of sp³-hybridized carbons (Fsp3) is 0.571. The summed E-state index contributed by atoms with van der Waals surface area (Å²) >= 11 is 3.48. The standard InChI is InChI=1S/C14H21BrO4/c1-4-17-10-19-14-7-12(18-5-2)6-11(9-16-3)13(14)8-15/h6-7H,4-5,8-10H2,1-3H3. The molecule has 0 aliphatic rings. The van der Waals surface area contributed by atoms with Crippen LogP contribution in [0.5, 0.6) is 11.5 Å². The second-order valence-electron chi connectivity index (χ2n) is 3.81. The molecule has 0 aromatic heterocycles. The molecule has 1 rings (SSSR count). The predicted molar refractivity (Wildman–Crippen MR) is 78.1 cm³/mol. The van der Waals surface area contributed by atoms with Gasteiger partial charge in [-0.05, 0) is 25.5 Å². The zero-order valence-corrected chi connectivity index (χ0v) is 13.3. The van der Waals surface area contributed by atoms with Gasteiger partial charge >= 0.3 is 0 Å².